The van der Waals surface area contributed by atoms with Gasteiger partial charge >= 0.3 is 0 Å². The van der Waals surface area contributed by atoms with Gasteiger partial charge in [0, 0.05) is 12.1 Å². The number of nitrogens with one attached hydrogen (secondary N) is 1. The molecule has 1 saturated heterocycles. The average Bonchev–Trinajstić information content (AvgIpc) is 2.94. The zero-order valence-electron chi connectivity index (χ0n) is 15.9. The van der Waals surface area contributed by atoms with Crippen LogP contribution in [0.25, 0.3) is 0 Å². The number of rotatable bonds is 6. The van der Waals surface area contributed by atoms with Gasteiger partial charge in [-0.05, 0) is 49.2 Å². The number of benzene rings is 2. The van der Waals surface area contributed by atoms with Crippen molar-refractivity contribution in [2.75, 3.05) is 18.5 Å². The predicted octanol–water partition coefficient (Wildman–Crippen LogP) is 3.26. The van der Waals surface area contributed by atoms with Gasteiger partial charge in [0.2, 0.25) is 11.8 Å². The van der Waals surface area contributed by atoms with Crippen LogP contribution in [-0.4, -0.2) is 45.4 Å². The Kier molecular flexibility index (Phi) is 6.49. The first-order chi connectivity index (χ1) is 13.5. The number of carbonyl (C=O) groups excluding carboxylic acids is 2. The normalized spacial score (nSPS) is 18.0. The Morgan fingerprint density at radius 2 is 1.93 bits per heavy atom. The molecule has 0 aromatic heterocycles. The summed E-state index contributed by atoms with van der Waals surface area (Å²) in [5.41, 5.74) is 3.69. The van der Waals surface area contributed by atoms with Crippen LogP contribution in [0.1, 0.15) is 17.5 Å². The van der Waals surface area contributed by atoms with E-state index in [0.717, 1.165) is 16.8 Å². The maximum Gasteiger partial charge on any atom is 0.242 e. The zero-order valence-corrected chi connectivity index (χ0v) is 16.7. The summed E-state index contributed by atoms with van der Waals surface area (Å²) < 4.78 is 0. The number of β-amino-alcohol motifs (C(OH)–C–C–N with tert-alkyl or cyclic N) is 1. The van der Waals surface area contributed by atoms with E-state index in [9.17, 15) is 14.7 Å². The lowest BCUT2D eigenvalue weighted by atomic mass is 10.1. The van der Waals surface area contributed by atoms with Gasteiger partial charge in [-0.15, -0.1) is 0 Å². The number of aliphatic hydroxyl groups is 1. The fourth-order valence-corrected chi connectivity index (χ4v) is 4.03. The van der Waals surface area contributed by atoms with E-state index in [1.807, 2.05) is 62.4 Å². The van der Waals surface area contributed by atoms with E-state index in [4.69, 9.17) is 0 Å². The number of carbonyl (C=O) groups is 2. The van der Waals surface area contributed by atoms with Crippen LogP contribution in [0.3, 0.4) is 0 Å². The summed E-state index contributed by atoms with van der Waals surface area (Å²) in [4.78, 5) is 31.1. The molecule has 146 valence electrons. The van der Waals surface area contributed by atoms with Crippen molar-refractivity contribution in [1.82, 2.24) is 4.90 Å². The molecule has 0 bridgehead atoms. The van der Waals surface area contributed by atoms with Crippen molar-refractivity contribution in [3.05, 3.63) is 59.7 Å². The molecular formula is C21H23N3O3S. The largest absolute Gasteiger partial charge is 0.395 e. The Balaban J connectivity index is 1.71. The van der Waals surface area contributed by atoms with Crippen molar-refractivity contribution in [3.8, 4) is 0 Å². The molecule has 7 heteroatoms. The second kappa shape index (κ2) is 9.03. The lowest BCUT2D eigenvalue weighted by Gasteiger charge is -2.14. The zero-order chi connectivity index (χ0) is 20.1. The Hall–Kier alpha value is -2.64. The Bertz CT molecular complexity index is 899. The van der Waals surface area contributed by atoms with E-state index in [1.165, 1.54) is 16.7 Å². The molecular weight excluding hydrogens is 374 g/mol. The van der Waals surface area contributed by atoms with Crippen LogP contribution in [0.4, 0.5) is 11.4 Å². The molecule has 1 fully saturated rings. The Morgan fingerprint density at radius 3 is 2.61 bits per heavy atom. The smallest absolute Gasteiger partial charge is 0.242 e. The number of aryl methyl sites for hydroxylation is 2. The van der Waals surface area contributed by atoms with Crippen LogP contribution in [0.15, 0.2) is 53.5 Å². The first kappa shape index (κ1) is 20.1. The molecule has 1 aliphatic heterocycles. The monoisotopic (exact) mass is 397 g/mol. The standard InChI is InChI=1S/C21H23N3O3S/c1-14-8-9-17(12-15(14)2)22-19(26)13-18-20(27)24(10-11-25)21(28-18)23-16-6-4-3-5-7-16/h3-9,12,18,25H,10-11,13H2,1-2H3,(H,22,26)/t18-/m0/s1. The predicted molar refractivity (Wildman–Crippen MR) is 113 cm³/mol. The third-order valence-electron chi connectivity index (χ3n) is 4.49. The summed E-state index contributed by atoms with van der Waals surface area (Å²) in [6, 6.07) is 15.0. The number of aliphatic hydroxyl groups excluding tert-OH is 1. The van der Waals surface area contributed by atoms with Gasteiger partial charge in [-0.25, -0.2) is 4.99 Å². The molecule has 2 aromatic carbocycles. The highest BCUT2D eigenvalue weighted by molar-refractivity contribution is 8.15. The second-order valence-corrected chi connectivity index (χ2v) is 7.77. The van der Waals surface area contributed by atoms with Gasteiger partial charge in [0.05, 0.1) is 18.8 Å². The van der Waals surface area contributed by atoms with Gasteiger partial charge in [-0.3, -0.25) is 14.5 Å². The molecule has 1 heterocycles. The highest BCUT2D eigenvalue weighted by Crippen LogP contribution is 2.31. The number of nitrogens with zero attached hydrogens (tertiary/aromatic N) is 2. The minimum atomic E-state index is -0.555. The number of thioether (sulfide) groups is 1. The number of hydrogen-bond donors (Lipinski definition) is 2. The average molecular weight is 398 g/mol. The molecule has 1 atom stereocenters. The molecule has 0 radical (unpaired) electrons. The molecule has 0 unspecified atom stereocenters. The summed E-state index contributed by atoms with van der Waals surface area (Å²) in [7, 11) is 0. The Morgan fingerprint density at radius 1 is 1.18 bits per heavy atom. The van der Waals surface area contributed by atoms with Crippen molar-refractivity contribution in [3.63, 3.8) is 0 Å². The minimum absolute atomic E-state index is 0.0478. The van der Waals surface area contributed by atoms with Crippen LogP contribution in [0.5, 0.6) is 0 Å². The number of para-hydroxylation sites is 1. The third kappa shape index (κ3) is 4.79. The van der Waals surface area contributed by atoms with Crippen molar-refractivity contribution in [2.45, 2.75) is 25.5 Å². The van der Waals surface area contributed by atoms with Gasteiger partial charge in [0.1, 0.15) is 5.25 Å². The number of hydrogen-bond acceptors (Lipinski definition) is 5. The van der Waals surface area contributed by atoms with E-state index in [2.05, 4.69) is 10.3 Å². The van der Waals surface area contributed by atoms with Gasteiger partial charge in [0.15, 0.2) is 5.17 Å². The number of aliphatic imine (C=N–C) groups is 1. The lowest BCUT2D eigenvalue weighted by molar-refractivity contribution is -0.128. The molecule has 0 spiro atoms. The van der Waals surface area contributed by atoms with Gasteiger partial charge in [-0.1, -0.05) is 36.0 Å². The highest BCUT2D eigenvalue weighted by atomic mass is 32.2. The molecule has 6 nitrogen and oxygen atoms in total. The quantitative estimate of drug-likeness (QED) is 0.784. The topological polar surface area (TPSA) is 82.0 Å². The van der Waals surface area contributed by atoms with Crippen molar-refractivity contribution >= 4 is 40.1 Å². The Labute approximate surface area is 168 Å². The first-order valence-electron chi connectivity index (χ1n) is 9.07. The molecule has 1 aliphatic rings. The fraction of sp³-hybridized carbons (Fsp3) is 0.286. The summed E-state index contributed by atoms with van der Waals surface area (Å²) in [6.07, 6.45) is 0.0478. The summed E-state index contributed by atoms with van der Waals surface area (Å²) >= 11 is 1.26. The summed E-state index contributed by atoms with van der Waals surface area (Å²) in [5.74, 6) is -0.428. The molecule has 2 N–H and O–H groups in total. The van der Waals surface area contributed by atoms with Gasteiger partial charge in [-0.2, -0.15) is 0 Å². The third-order valence-corrected chi connectivity index (χ3v) is 5.66. The van der Waals surface area contributed by atoms with Crippen LogP contribution in [0, 0.1) is 13.8 Å². The van der Waals surface area contributed by atoms with E-state index in [-0.39, 0.29) is 31.4 Å². The molecule has 0 aliphatic carbocycles. The van der Waals surface area contributed by atoms with Crippen LogP contribution in [0.2, 0.25) is 0 Å². The van der Waals surface area contributed by atoms with Crippen molar-refractivity contribution in [1.29, 1.82) is 0 Å². The maximum absolute atomic E-state index is 12.7. The molecule has 0 saturated carbocycles. The van der Waals surface area contributed by atoms with E-state index in [0.29, 0.717) is 10.9 Å². The maximum atomic E-state index is 12.7. The van der Waals surface area contributed by atoms with Gasteiger partial charge in [0.25, 0.3) is 0 Å². The van der Waals surface area contributed by atoms with Crippen LogP contribution in [-0.2, 0) is 9.59 Å². The SMILES string of the molecule is Cc1ccc(NC(=O)C[C@@H]2SC(=Nc3ccccc3)N(CCO)C2=O)cc1C. The number of anilines is 1. The fourth-order valence-electron chi connectivity index (χ4n) is 2.84. The lowest BCUT2D eigenvalue weighted by Crippen LogP contribution is -2.35. The van der Waals surface area contributed by atoms with Crippen molar-refractivity contribution in [2.24, 2.45) is 4.99 Å². The number of amides is 2. The van der Waals surface area contributed by atoms with E-state index >= 15 is 0 Å². The summed E-state index contributed by atoms with van der Waals surface area (Å²) in [5, 5.41) is 12.1. The van der Waals surface area contributed by atoms with Gasteiger partial charge < -0.3 is 10.4 Å². The van der Waals surface area contributed by atoms with E-state index < -0.39 is 5.25 Å². The van der Waals surface area contributed by atoms with Crippen LogP contribution < -0.4 is 5.32 Å². The molecule has 2 aromatic rings. The van der Waals surface area contributed by atoms with E-state index in [1.54, 1.807) is 0 Å². The molecule has 2 amide bonds. The highest BCUT2D eigenvalue weighted by Gasteiger charge is 2.38. The molecule has 28 heavy (non-hydrogen) atoms. The first-order valence-corrected chi connectivity index (χ1v) is 9.95. The minimum Gasteiger partial charge on any atom is -0.395 e. The second-order valence-electron chi connectivity index (χ2n) is 6.60. The molecule has 3 rings (SSSR count). The van der Waals surface area contributed by atoms with Crippen molar-refractivity contribution < 1.29 is 14.7 Å². The van der Waals surface area contributed by atoms with Crippen LogP contribution >= 0.6 is 11.8 Å². The summed E-state index contributed by atoms with van der Waals surface area (Å²) in [6.45, 7) is 3.99. The number of amidine groups is 1.